The zero-order chi connectivity index (χ0) is 19.7. The highest BCUT2D eigenvalue weighted by molar-refractivity contribution is 6.38. The molecule has 6 heteroatoms. The van der Waals surface area contributed by atoms with Gasteiger partial charge in [0, 0.05) is 22.4 Å². The largest absolute Gasteiger partial charge is 0.486 e. The van der Waals surface area contributed by atoms with Crippen LogP contribution in [0.2, 0.25) is 10.0 Å². The summed E-state index contributed by atoms with van der Waals surface area (Å²) in [5.74, 6) is -0.277. The molecule has 0 saturated heterocycles. The molecule has 3 nitrogen and oxygen atoms in total. The molecular weight excluding hydrogens is 400 g/mol. The highest BCUT2D eigenvalue weighted by atomic mass is 35.5. The number of benzene rings is 3. The van der Waals surface area contributed by atoms with Crippen molar-refractivity contribution in [1.82, 2.24) is 0 Å². The van der Waals surface area contributed by atoms with E-state index in [9.17, 15) is 9.18 Å². The number of carbonyl (C=O) groups excluding carboxylic acids is 1. The molecule has 0 bridgehead atoms. The minimum absolute atomic E-state index is 0.00231. The van der Waals surface area contributed by atoms with Crippen molar-refractivity contribution >= 4 is 46.4 Å². The first-order chi connectivity index (χ1) is 13.5. The lowest BCUT2D eigenvalue weighted by Gasteiger charge is -2.11. The Bertz CT molecular complexity index is 1090. The molecule has 0 radical (unpaired) electrons. The van der Waals surface area contributed by atoms with Crippen LogP contribution >= 0.6 is 23.2 Å². The van der Waals surface area contributed by atoms with Crippen LogP contribution in [0.4, 0.5) is 10.1 Å². The Kier molecular flexibility index (Phi) is 5.07. The lowest BCUT2D eigenvalue weighted by atomic mass is 10.0. The van der Waals surface area contributed by atoms with Crippen LogP contribution in [0.15, 0.2) is 60.7 Å². The quantitative estimate of drug-likeness (QED) is 0.516. The van der Waals surface area contributed by atoms with E-state index in [0.29, 0.717) is 16.7 Å². The normalized spacial score (nSPS) is 14.1. The SMILES string of the molecule is O=C1Nc2ccccc2/C1=C/c1cc(Cl)c(OCc2ccccc2F)c(Cl)c1. The van der Waals surface area contributed by atoms with Gasteiger partial charge in [0.1, 0.15) is 12.4 Å². The van der Waals surface area contributed by atoms with Gasteiger partial charge in [-0.2, -0.15) is 0 Å². The van der Waals surface area contributed by atoms with Crippen LogP contribution in [0.3, 0.4) is 0 Å². The predicted molar refractivity (Wildman–Crippen MR) is 110 cm³/mol. The third-order valence-corrected chi connectivity index (χ3v) is 4.93. The number of amides is 1. The average Bonchev–Trinajstić information content (AvgIpc) is 2.98. The van der Waals surface area contributed by atoms with Crippen LogP contribution in [0.5, 0.6) is 5.75 Å². The maximum absolute atomic E-state index is 13.8. The Balaban J connectivity index is 1.61. The predicted octanol–water partition coefficient (Wildman–Crippen LogP) is 6.20. The number of carbonyl (C=O) groups is 1. The van der Waals surface area contributed by atoms with Crippen LogP contribution in [-0.4, -0.2) is 5.91 Å². The summed E-state index contributed by atoms with van der Waals surface area (Å²) >= 11 is 12.7. The van der Waals surface area contributed by atoms with Crippen LogP contribution in [-0.2, 0) is 11.4 Å². The molecule has 4 rings (SSSR count). The first kappa shape index (κ1) is 18.5. The molecule has 140 valence electrons. The van der Waals surface area contributed by atoms with E-state index in [0.717, 1.165) is 11.3 Å². The van der Waals surface area contributed by atoms with E-state index in [1.54, 1.807) is 36.4 Å². The number of fused-ring (bicyclic) bond motifs is 1. The lowest BCUT2D eigenvalue weighted by molar-refractivity contribution is -0.110. The molecule has 3 aromatic rings. The Morgan fingerprint density at radius 3 is 2.43 bits per heavy atom. The van der Waals surface area contributed by atoms with Gasteiger partial charge in [-0.1, -0.05) is 59.6 Å². The second-order valence-corrected chi connectivity index (χ2v) is 7.07. The average molecular weight is 414 g/mol. The molecule has 0 aliphatic carbocycles. The zero-order valence-corrected chi connectivity index (χ0v) is 16.0. The van der Waals surface area contributed by atoms with Gasteiger partial charge in [0.25, 0.3) is 5.91 Å². The van der Waals surface area contributed by atoms with Crippen LogP contribution < -0.4 is 10.1 Å². The number of anilines is 1. The van der Waals surface area contributed by atoms with Gasteiger partial charge < -0.3 is 10.1 Å². The Morgan fingerprint density at radius 2 is 1.68 bits per heavy atom. The van der Waals surface area contributed by atoms with Gasteiger partial charge in [0.05, 0.1) is 10.0 Å². The number of halogens is 3. The molecule has 28 heavy (non-hydrogen) atoms. The number of nitrogens with one attached hydrogen (secondary N) is 1. The van der Waals surface area contributed by atoms with E-state index in [-0.39, 0.29) is 34.1 Å². The van der Waals surface area contributed by atoms with Gasteiger partial charge >= 0.3 is 0 Å². The molecule has 1 amide bonds. The summed E-state index contributed by atoms with van der Waals surface area (Å²) in [6.45, 7) is 0.00231. The summed E-state index contributed by atoms with van der Waals surface area (Å²) in [6, 6.07) is 17.1. The zero-order valence-electron chi connectivity index (χ0n) is 14.5. The Morgan fingerprint density at radius 1 is 1.00 bits per heavy atom. The van der Waals surface area contributed by atoms with Crippen molar-refractivity contribution in [2.24, 2.45) is 0 Å². The Hall–Kier alpha value is -2.82. The van der Waals surface area contributed by atoms with E-state index in [1.165, 1.54) is 6.07 Å². The highest BCUT2D eigenvalue weighted by Gasteiger charge is 2.23. The second kappa shape index (κ2) is 7.66. The van der Waals surface area contributed by atoms with Gasteiger partial charge in [0.2, 0.25) is 0 Å². The second-order valence-electron chi connectivity index (χ2n) is 6.25. The maximum atomic E-state index is 13.8. The fourth-order valence-electron chi connectivity index (χ4n) is 3.01. The number of para-hydroxylation sites is 1. The van der Waals surface area contributed by atoms with E-state index in [1.807, 2.05) is 24.3 Å². The molecule has 1 N–H and O–H groups in total. The lowest BCUT2D eigenvalue weighted by Crippen LogP contribution is -2.03. The summed E-state index contributed by atoms with van der Waals surface area (Å²) < 4.78 is 19.4. The molecule has 0 aromatic heterocycles. The van der Waals surface area contributed by atoms with Gasteiger partial charge in [-0.15, -0.1) is 0 Å². The summed E-state index contributed by atoms with van der Waals surface area (Å²) in [6.07, 6.45) is 1.72. The number of hydrogen-bond donors (Lipinski definition) is 1. The highest BCUT2D eigenvalue weighted by Crippen LogP contribution is 2.38. The fourth-order valence-corrected chi connectivity index (χ4v) is 3.63. The molecular formula is C22H14Cl2FNO2. The first-order valence-electron chi connectivity index (χ1n) is 8.50. The topological polar surface area (TPSA) is 38.3 Å². The van der Waals surface area contributed by atoms with Crippen molar-refractivity contribution in [1.29, 1.82) is 0 Å². The summed E-state index contributed by atoms with van der Waals surface area (Å²) in [5.41, 5.74) is 3.18. The van der Waals surface area contributed by atoms with E-state index in [2.05, 4.69) is 5.32 Å². The van der Waals surface area contributed by atoms with Crippen molar-refractivity contribution in [3.8, 4) is 5.75 Å². The van der Waals surface area contributed by atoms with Crippen molar-refractivity contribution in [3.63, 3.8) is 0 Å². The van der Waals surface area contributed by atoms with Crippen molar-refractivity contribution in [2.45, 2.75) is 6.61 Å². The molecule has 1 aliphatic rings. The molecule has 0 unspecified atom stereocenters. The Labute approximate surface area is 171 Å². The summed E-state index contributed by atoms with van der Waals surface area (Å²) in [5, 5.41) is 3.38. The summed E-state index contributed by atoms with van der Waals surface area (Å²) in [7, 11) is 0. The van der Waals surface area contributed by atoms with Crippen molar-refractivity contribution < 1.29 is 13.9 Å². The van der Waals surface area contributed by atoms with E-state index < -0.39 is 0 Å². The molecule has 1 heterocycles. The minimum atomic E-state index is -0.359. The third kappa shape index (κ3) is 3.61. The molecule has 1 aliphatic heterocycles. The molecule has 0 saturated carbocycles. The van der Waals surface area contributed by atoms with Gasteiger partial charge in [-0.25, -0.2) is 4.39 Å². The number of rotatable bonds is 4. The minimum Gasteiger partial charge on any atom is -0.486 e. The molecule has 3 aromatic carbocycles. The van der Waals surface area contributed by atoms with Crippen LogP contribution in [0.1, 0.15) is 16.7 Å². The number of hydrogen-bond acceptors (Lipinski definition) is 2. The molecule has 0 atom stereocenters. The van der Waals surface area contributed by atoms with Crippen LogP contribution in [0.25, 0.3) is 11.6 Å². The maximum Gasteiger partial charge on any atom is 0.256 e. The van der Waals surface area contributed by atoms with Crippen LogP contribution in [0, 0.1) is 5.82 Å². The van der Waals surface area contributed by atoms with E-state index >= 15 is 0 Å². The van der Waals surface area contributed by atoms with Gasteiger partial charge in [0.15, 0.2) is 5.75 Å². The standard InChI is InChI=1S/C22H14Cl2FNO2/c23-17-10-13(9-16-15-6-2-4-8-20(15)26-22(16)27)11-18(24)21(17)28-12-14-5-1-3-7-19(14)25/h1-11H,12H2,(H,26,27)/b16-9-. The third-order valence-electron chi connectivity index (χ3n) is 4.37. The fraction of sp³-hybridized carbons (Fsp3) is 0.0455. The van der Waals surface area contributed by atoms with E-state index in [4.69, 9.17) is 27.9 Å². The summed E-state index contributed by atoms with van der Waals surface area (Å²) in [4.78, 5) is 12.3. The van der Waals surface area contributed by atoms with Gasteiger partial charge in [-0.05, 0) is 35.9 Å². The van der Waals surface area contributed by atoms with Crippen molar-refractivity contribution in [3.05, 3.63) is 93.2 Å². The van der Waals surface area contributed by atoms with Crippen molar-refractivity contribution in [2.75, 3.05) is 5.32 Å². The first-order valence-corrected chi connectivity index (χ1v) is 9.26. The molecule has 0 fully saturated rings. The van der Waals surface area contributed by atoms with Gasteiger partial charge in [-0.3, -0.25) is 4.79 Å². The molecule has 0 spiro atoms. The smallest absolute Gasteiger partial charge is 0.256 e. The number of ether oxygens (including phenoxy) is 1. The monoisotopic (exact) mass is 413 g/mol.